The summed E-state index contributed by atoms with van der Waals surface area (Å²) in [6.07, 6.45) is 0. The molecule has 1 fully saturated rings. The lowest BCUT2D eigenvalue weighted by Crippen LogP contribution is -2.36. The molecule has 3 rings (SSSR count). The zero-order valence-corrected chi connectivity index (χ0v) is 16.8. The van der Waals surface area contributed by atoms with Crippen molar-refractivity contribution in [2.24, 2.45) is 0 Å². The average Bonchev–Trinajstić information content (AvgIpc) is 2.69. The van der Waals surface area contributed by atoms with E-state index in [1.807, 2.05) is 24.3 Å². The van der Waals surface area contributed by atoms with E-state index in [4.69, 9.17) is 16.3 Å². The second-order valence-corrected chi connectivity index (χ2v) is 8.85. The Morgan fingerprint density at radius 2 is 1.82 bits per heavy atom. The average molecular weight is 426 g/mol. The predicted octanol–water partition coefficient (Wildman–Crippen LogP) is 2.91. The van der Waals surface area contributed by atoms with Crippen molar-refractivity contribution in [3.05, 3.63) is 63.2 Å². The topological polar surface area (TPSA) is 93.0 Å². The van der Waals surface area contributed by atoms with E-state index in [0.29, 0.717) is 13.2 Å². The Morgan fingerprint density at radius 1 is 1.18 bits per heavy atom. The SMILES string of the molecule is CN(Cc1ccc(N2CCOCC2)cc1)S(=O)(=O)c1ccc(Cl)c([N+](=O)[O-])c1. The predicted molar refractivity (Wildman–Crippen MR) is 106 cm³/mol. The van der Waals surface area contributed by atoms with E-state index in [1.54, 1.807) is 0 Å². The van der Waals surface area contributed by atoms with Gasteiger partial charge >= 0.3 is 0 Å². The lowest BCUT2D eigenvalue weighted by atomic mass is 10.2. The molecule has 1 heterocycles. The first-order chi connectivity index (χ1) is 13.3. The molecule has 1 aliphatic rings. The molecular formula is C18H20ClN3O5S. The highest BCUT2D eigenvalue weighted by Gasteiger charge is 2.25. The van der Waals surface area contributed by atoms with Gasteiger partial charge in [0.25, 0.3) is 5.69 Å². The minimum Gasteiger partial charge on any atom is -0.378 e. The monoisotopic (exact) mass is 425 g/mol. The number of nitro benzene ring substituents is 1. The van der Waals surface area contributed by atoms with Crippen LogP contribution in [-0.2, 0) is 21.3 Å². The maximum absolute atomic E-state index is 12.8. The molecule has 0 aliphatic carbocycles. The maximum atomic E-state index is 12.8. The summed E-state index contributed by atoms with van der Waals surface area (Å²) in [7, 11) is -2.46. The van der Waals surface area contributed by atoms with E-state index in [2.05, 4.69) is 4.90 Å². The lowest BCUT2D eigenvalue weighted by Gasteiger charge is -2.29. The Balaban J connectivity index is 1.75. The Hall–Kier alpha value is -2.20. The molecule has 0 saturated carbocycles. The Morgan fingerprint density at radius 3 is 2.43 bits per heavy atom. The van der Waals surface area contributed by atoms with Crippen molar-refractivity contribution in [2.45, 2.75) is 11.4 Å². The summed E-state index contributed by atoms with van der Waals surface area (Å²) in [4.78, 5) is 12.4. The van der Waals surface area contributed by atoms with Gasteiger partial charge in [0.15, 0.2) is 0 Å². The highest BCUT2D eigenvalue weighted by atomic mass is 35.5. The van der Waals surface area contributed by atoms with E-state index >= 15 is 0 Å². The number of hydrogen-bond acceptors (Lipinski definition) is 6. The molecule has 10 heteroatoms. The number of hydrogen-bond donors (Lipinski definition) is 0. The number of sulfonamides is 1. The fraction of sp³-hybridized carbons (Fsp3) is 0.333. The van der Waals surface area contributed by atoms with Gasteiger partial charge in [-0.2, -0.15) is 4.31 Å². The third kappa shape index (κ3) is 4.44. The fourth-order valence-electron chi connectivity index (χ4n) is 2.95. The number of morpholine rings is 1. The number of anilines is 1. The summed E-state index contributed by atoms with van der Waals surface area (Å²) in [6.45, 7) is 3.17. The van der Waals surface area contributed by atoms with Crippen molar-refractivity contribution in [1.29, 1.82) is 0 Å². The summed E-state index contributed by atoms with van der Waals surface area (Å²) in [5, 5.41) is 10.9. The second-order valence-electron chi connectivity index (χ2n) is 6.40. The smallest absolute Gasteiger partial charge is 0.289 e. The van der Waals surface area contributed by atoms with Crippen LogP contribution in [0.5, 0.6) is 0 Å². The second kappa shape index (κ2) is 8.44. The molecule has 0 atom stereocenters. The van der Waals surface area contributed by atoms with Gasteiger partial charge in [-0.1, -0.05) is 23.7 Å². The van der Waals surface area contributed by atoms with Crippen LogP contribution in [0.1, 0.15) is 5.56 Å². The molecule has 2 aromatic carbocycles. The Kier molecular flexibility index (Phi) is 6.19. The van der Waals surface area contributed by atoms with Crippen molar-refractivity contribution in [3.8, 4) is 0 Å². The van der Waals surface area contributed by atoms with Gasteiger partial charge in [-0.05, 0) is 29.8 Å². The van der Waals surface area contributed by atoms with E-state index in [1.165, 1.54) is 19.2 Å². The third-order valence-corrected chi connectivity index (χ3v) is 6.66. The number of benzene rings is 2. The summed E-state index contributed by atoms with van der Waals surface area (Å²) < 4.78 is 32.0. The zero-order valence-electron chi connectivity index (χ0n) is 15.2. The van der Waals surface area contributed by atoms with Crippen molar-refractivity contribution >= 4 is 33.0 Å². The standard InChI is InChI=1S/C18H20ClN3O5S/c1-20(28(25,26)16-6-7-17(19)18(12-16)22(23)24)13-14-2-4-15(5-3-14)21-8-10-27-11-9-21/h2-7,12H,8-11,13H2,1H3. The molecular weight excluding hydrogens is 406 g/mol. The van der Waals surface area contributed by atoms with Gasteiger partial charge in [-0.3, -0.25) is 10.1 Å². The minimum absolute atomic E-state index is 0.106. The van der Waals surface area contributed by atoms with Crippen LogP contribution < -0.4 is 4.90 Å². The molecule has 0 radical (unpaired) electrons. The molecule has 8 nitrogen and oxygen atoms in total. The van der Waals surface area contributed by atoms with Gasteiger partial charge in [0.05, 0.1) is 23.0 Å². The Labute approximate surface area is 168 Å². The van der Waals surface area contributed by atoms with Gasteiger partial charge in [0.1, 0.15) is 5.02 Å². The van der Waals surface area contributed by atoms with Gasteiger partial charge in [-0.25, -0.2) is 8.42 Å². The Bertz CT molecular complexity index is 960. The fourth-order valence-corrected chi connectivity index (χ4v) is 4.31. The first-order valence-electron chi connectivity index (χ1n) is 8.61. The number of halogens is 1. The molecule has 1 aliphatic heterocycles. The van der Waals surface area contributed by atoms with Crippen molar-refractivity contribution < 1.29 is 18.1 Å². The van der Waals surface area contributed by atoms with Gasteiger partial charge < -0.3 is 9.64 Å². The minimum atomic E-state index is -3.90. The third-order valence-electron chi connectivity index (χ3n) is 4.54. The van der Waals surface area contributed by atoms with Gasteiger partial charge in [-0.15, -0.1) is 0 Å². The normalized spacial score (nSPS) is 15.0. The van der Waals surface area contributed by atoms with Crippen LogP contribution in [0.15, 0.2) is 47.4 Å². The van der Waals surface area contributed by atoms with Crippen molar-refractivity contribution in [2.75, 3.05) is 38.3 Å². The summed E-state index contributed by atoms with van der Waals surface area (Å²) in [6, 6.07) is 11.1. The summed E-state index contributed by atoms with van der Waals surface area (Å²) in [5.74, 6) is 0. The highest BCUT2D eigenvalue weighted by Crippen LogP contribution is 2.28. The molecule has 0 spiro atoms. The van der Waals surface area contributed by atoms with Crippen molar-refractivity contribution in [1.82, 2.24) is 4.31 Å². The number of nitrogens with zero attached hydrogens (tertiary/aromatic N) is 3. The molecule has 0 bridgehead atoms. The molecule has 28 heavy (non-hydrogen) atoms. The summed E-state index contributed by atoms with van der Waals surface area (Å²) in [5.41, 5.74) is 1.43. The molecule has 2 aromatic rings. The molecule has 150 valence electrons. The van der Waals surface area contributed by atoms with Crippen LogP contribution in [0.4, 0.5) is 11.4 Å². The van der Waals surface area contributed by atoms with E-state index < -0.39 is 20.6 Å². The summed E-state index contributed by atoms with van der Waals surface area (Å²) >= 11 is 5.77. The van der Waals surface area contributed by atoms with Crippen LogP contribution in [0.3, 0.4) is 0 Å². The first-order valence-corrected chi connectivity index (χ1v) is 10.4. The zero-order chi connectivity index (χ0) is 20.3. The van der Waals surface area contributed by atoms with Crippen LogP contribution >= 0.6 is 11.6 Å². The molecule has 0 amide bonds. The number of rotatable bonds is 6. The lowest BCUT2D eigenvalue weighted by molar-refractivity contribution is -0.384. The highest BCUT2D eigenvalue weighted by molar-refractivity contribution is 7.89. The van der Waals surface area contributed by atoms with Gasteiger partial charge in [0, 0.05) is 38.4 Å². The maximum Gasteiger partial charge on any atom is 0.289 e. The molecule has 0 N–H and O–H groups in total. The number of nitro groups is 1. The largest absolute Gasteiger partial charge is 0.378 e. The van der Waals surface area contributed by atoms with Crippen molar-refractivity contribution in [3.63, 3.8) is 0 Å². The first kappa shape index (κ1) is 20.5. The molecule has 0 unspecified atom stereocenters. The van der Waals surface area contributed by atoms with E-state index in [-0.39, 0.29) is 16.5 Å². The van der Waals surface area contributed by atoms with Crippen LogP contribution in [-0.4, -0.2) is 51.0 Å². The van der Waals surface area contributed by atoms with Crippen LogP contribution in [0, 0.1) is 10.1 Å². The number of ether oxygens (including phenoxy) is 1. The quantitative estimate of drug-likeness (QED) is 0.521. The van der Waals surface area contributed by atoms with E-state index in [0.717, 1.165) is 34.7 Å². The van der Waals surface area contributed by atoms with Gasteiger partial charge in [0.2, 0.25) is 10.0 Å². The van der Waals surface area contributed by atoms with Crippen LogP contribution in [0.25, 0.3) is 0 Å². The molecule has 1 saturated heterocycles. The molecule has 0 aromatic heterocycles. The van der Waals surface area contributed by atoms with E-state index in [9.17, 15) is 18.5 Å². The van der Waals surface area contributed by atoms with Crippen LogP contribution in [0.2, 0.25) is 5.02 Å².